The number of carboxylic acids is 1. The van der Waals surface area contributed by atoms with Gasteiger partial charge in [-0.25, -0.2) is 4.79 Å². The predicted molar refractivity (Wildman–Crippen MR) is 276 cm³/mol. The number of ether oxygens (including phenoxy) is 4. The molecule has 9 nitrogen and oxygen atoms in total. The lowest BCUT2D eigenvalue weighted by molar-refractivity contribution is -0.870. The number of allylic oxidation sites excluding steroid dienone is 14. The molecule has 1 N–H and O–H groups in total. The molecule has 0 spiro atoms. The summed E-state index contributed by atoms with van der Waals surface area (Å²) >= 11 is 0. The van der Waals surface area contributed by atoms with Crippen LogP contribution >= 0.6 is 0 Å². The summed E-state index contributed by atoms with van der Waals surface area (Å²) in [6.07, 6.45) is 59.2. The summed E-state index contributed by atoms with van der Waals surface area (Å²) in [5, 5.41) is 9.68. The van der Waals surface area contributed by atoms with Gasteiger partial charge in [-0.05, 0) is 89.9 Å². The molecule has 2 unspecified atom stereocenters. The smallest absolute Gasteiger partial charge is 0.361 e. The van der Waals surface area contributed by atoms with Crippen LogP contribution in [0.1, 0.15) is 200 Å². The van der Waals surface area contributed by atoms with Crippen molar-refractivity contribution in [1.29, 1.82) is 0 Å². The first-order chi connectivity index (χ1) is 32.1. The number of hydrogen-bond donors (Lipinski definition) is 1. The van der Waals surface area contributed by atoms with Gasteiger partial charge in [0.05, 0.1) is 34.4 Å². The first-order valence-corrected chi connectivity index (χ1v) is 26.3. The summed E-state index contributed by atoms with van der Waals surface area (Å²) in [5.41, 5.74) is 0. The maximum absolute atomic E-state index is 12.8. The molecule has 0 aromatic heterocycles. The van der Waals surface area contributed by atoms with Gasteiger partial charge in [0.2, 0.25) is 0 Å². The first-order valence-electron chi connectivity index (χ1n) is 26.3. The molecule has 0 radical (unpaired) electrons. The lowest BCUT2D eigenvalue weighted by Crippen LogP contribution is -2.40. The second kappa shape index (κ2) is 47.9. The van der Waals surface area contributed by atoms with Crippen molar-refractivity contribution in [1.82, 2.24) is 0 Å². The van der Waals surface area contributed by atoms with Gasteiger partial charge in [-0.15, -0.1) is 0 Å². The molecule has 0 aromatic carbocycles. The third-order valence-corrected chi connectivity index (χ3v) is 10.9. The number of likely N-dealkylation sites (N-methyl/N-ethyl adjacent to an activating group) is 1. The van der Waals surface area contributed by atoms with Gasteiger partial charge in [0, 0.05) is 12.8 Å². The zero-order chi connectivity index (χ0) is 48.4. The Kier molecular flexibility index (Phi) is 45.4. The molecular formula is C57H98NO8+. The van der Waals surface area contributed by atoms with Crippen molar-refractivity contribution in [2.45, 2.75) is 212 Å². The van der Waals surface area contributed by atoms with Gasteiger partial charge in [0.25, 0.3) is 6.29 Å². The fourth-order valence-corrected chi connectivity index (χ4v) is 6.83. The highest BCUT2D eigenvalue weighted by molar-refractivity contribution is 5.71. The van der Waals surface area contributed by atoms with Crippen molar-refractivity contribution >= 4 is 17.9 Å². The molecule has 0 heterocycles. The van der Waals surface area contributed by atoms with Gasteiger partial charge in [-0.2, -0.15) is 0 Å². The molecule has 0 aliphatic carbocycles. The Bertz CT molecular complexity index is 1350. The van der Waals surface area contributed by atoms with Crippen LogP contribution in [0.15, 0.2) is 85.1 Å². The van der Waals surface area contributed by atoms with Gasteiger partial charge >= 0.3 is 17.9 Å². The Morgan fingerprint density at radius 1 is 0.470 bits per heavy atom. The molecule has 0 aromatic rings. The van der Waals surface area contributed by atoms with Crippen LogP contribution in [-0.4, -0.2) is 87.4 Å². The number of hydrogen-bond acceptors (Lipinski definition) is 7. The van der Waals surface area contributed by atoms with Crippen LogP contribution in [-0.2, 0) is 33.3 Å². The van der Waals surface area contributed by atoms with Crippen molar-refractivity contribution in [3.63, 3.8) is 0 Å². The summed E-state index contributed by atoms with van der Waals surface area (Å²) in [7, 11) is 5.95. The first kappa shape index (κ1) is 62.5. The van der Waals surface area contributed by atoms with Crippen LogP contribution in [0.25, 0.3) is 0 Å². The third-order valence-electron chi connectivity index (χ3n) is 10.9. The number of nitrogens with zero attached hydrogens (tertiary/aromatic N) is 1. The number of carbonyl (C=O) groups is 3. The van der Waals surface area contributed by atoms with Gasteiger partial charge in [0.1, 0.15) is 13.2 Å². The van der Waals surface area contributed by atoms with Gasteiger partial charge in [-0.1, -0.05) is 182 Å². The van der Waals surface area contributed by atoms with Crippen LogP contribution in [0.5, 0.6) is 0 Å². The van der Waals surface area contributed by atoms with E-state index in [4.69, 9.17) is 18.9 Å². The Balaban J connectivity index is 4.38. The highest BCUT2D eigenvalue weighted by Gasteiger charge is 2.25. The Morgan fingerprint density at radius 2 is 0.864 bits per heavy atom. The fourth-order valence-electron chi connectivity index (χ4n) is 6.83. The molecule has 9 heteroatoms. The van der Waals surface area contributed by atoms with Gasteiger partial charge < -0.3 is 28.5 Å². The molecule has 0 saturated carbocycles. The number of esters is 2. The van der Waals surface area contributed by atoms with Crippen molar-refractivity contribution in [2.75, 3.05) is 47.5 Å². The van der Waals surface area contributed by atoms with E-state index in [1.54, 1.807) is 0 Å². The van der Waals surface area contributed by atoms with Crippen molar-refractivity contribution in [3.8, 4) is 0 Å². The van der Waals surface area contributed by atoms with E-state index in [2.05, 4.69) is 98.9 Å². The zero-order valence-corrected chi connectivity index (χ0v) is 42.8. The van der Waals surface area contributed by atoms with Gasteiger partial charge in [-0.3, -0.25) is 9.59 Å². The topological polar surface area (TPSA) is 108 Å². The highest BCUT2D eigenvalue weighted by atomic mass is 16.7. The number of aliphatic carboxylic acids is 1. The molecule has 0 aliphatic heterocycles. The Hall–Kier alpha value is -3.53. The Labute approximate surface area is 404 Å². The predicted octanol–water partition coefficient (Wildman–Crippen LogP) is 14.8. The van der Waals surface area contributed by atoms with Crippen LogP contribution in [0.3, 0.4) is 0 Å². The van der Waals surface area contributed by atoms with Crippen LogP contribution in [0.4, 0.5) is 0 Å². The number of quaternary nitrogens is 1. The van der Waals surface area contributed by atoms with E-state index >= 15 is 0 Å². The van der Waals surface area contributed by atoms with Gasteiger partial charge in [0.15, 0.2) is 6.10 Å². The lowest BCUT2D eigenvalue weighted by atomic mass is 10.1. The standard InChI is InChI=1S/C57H97NO8/c1-6-8-10-12-14-16-18-20-22-24-26-27-28-29-30-32-34-36-38-40-42-44-46-48-55(60)66-53(52-65-57(56(61)62)63-50-49-58(3,4)5)51-64-54(59)47-45-43-41-39-37-35-33-31-25-23-21-19-17-15-13-11-9-7-2/h8,10,14,16-17,19-20,22-23,25-27,29-30,53,57H,6-7,9,11-13,15,18,21,24,28,31-52H2,1-5H3/p+1/b10-8-,16-14-,19-17-,22-20-,25-23-,27-26-,30-29-. The van der Waals surface area contributed by atoms with E-state index in [-0.39, 0.29) is 38.6 Å². The molecular weight excluding hydrogens is 827 g/mol. The Morgan fingerprint density at radius 3 is 1.29 bits per heavy atom. The van der Waals surface area contributed by atoms with Crippen LogP contribution in [0, 0.1) is 0 Å². The molecule has 0 bridgehead atoms. The van der Waals surface area contributed by atoms with Crippen LogP contribution < -0.4 is 0 Å². The monoisotopic (exact) mass is 925 g/mol. The minimum absolute atomic E-state index is 0.180. The molecule has 0 aliphatic rings. The third kappa shape index (κ3) is 48.4. The molecule has 0 amide bonds. The minimum atomic E-state index is -1.52. The molecule has 0 fully saturated rings. The molecule has 0 saturated heterocycles. The summed E-state index contributed by atoms with van der Waals surface area (Å²) in [4.78, 5) is 37.3. The lowest BCUT2D eigenvalue weighted by Gasteiger charge is -2.25. The average molecular weight is 925 g/mol. The summed E-state index contributed by atoms with van der Waals surface area (Å²) in [6.45, 7) is 4.71. The van der Waals surface area contributed by atoms with E-state index in [0.29, 0.717) is 17.4 Å². The summed E-state index contributed by atoms with van der Waals surface area (Å²) in [5.74, 6) is -2.04. The fraction of sp³-hybridized carbons (Fsp3) is 0.702. The quantitative estimate of drug-likeness (QED) is 0.0211. The maximum Gasteiger partial charge on any atom is 0.361 e. The number of carbonyl (C=O) groups excluding carboxylic acids is 2. The van der Waals surface area contributed by atoms with Crippen molar-refractivity contribution < 1.29 is 42.9 Å². The second-order valence-corrected chi connectivity index (χ2v) is 18.4. The highest BCUT2D eigenvalue weighted by Crippen LogP contribution is 2.14. The van der Waals surface area contributed by atoms with E-state index in [9.17, 15) is 19.5 Å². The van der Waals surface area contributed by atoms with E-state index in [0.717, 1.165) is 96.3 Å². The van der Waals surface area contributed by atoms with E-state index in [1.165, 1.54) is 70.6 Å². The molecule has 378 valence electrons. The van der Waals surface area contributed by atoms with Crippen molar-refractivity contribution in [3.05, 3.63) is 85.1 Å². The summed E-state index contributed by atoms with van der Waals surface area (Å²) in [6, 6.07) is 0. The summed E-state index contributed by atoms with van der Waals surface area (Å²) < 4.78 is 22.8. The largest absolute Gasteiger partial charge is 0.477 e. The average Bonchev–Trinajstić information content (AvgIpc) is 3.28. The molecule has 2 atom stereocenters. The van der Waals surface area contributed by atoms with E-state index in [1.807, 2.05) is 21.1 Å². The molecule has 66 heavy (non-hydrogen) atoms. The van der Waals surface area contributed by atoms with Crippen LogP contribution in [0.2, 0.25) is 0 Å². The maximum atomic E-state index is 12.8. The number of carboxylic acid groups (broad SMARTS) is 1. The number of rotatable bonds is 47. The normalized spacial score (nSPS) is 13.5. The minimum Gasteiger partial charge on any atom is -0.477 e. The number of unbranched alkanes of at least 4 members (excludes halogenated alkanes) is 18. The van der Waals surface area contributed by atoms with Crippen molar-refractivity contribution in [2.24, 2.45) is 0 Å². The SMILES string of the molecule is CC/C=C\C/C=C\C/C=C\C/C=C\C/C=C\CCCCCCCCCC(=O)OC(COC(=O)CCCCCCCCC/C=C\C/C=C\CCCCCC)COC(OCC[N+](C)(C)C)C(=O)O. The van der Waals surface area contributed by atoms with E-state index < -0.39 is 24.3 Å². The zero-order valence-electron chi connectivity index (χ0n) is 42.8. The molecule has 0 rings (SSSR count). The second-order valence-electron chi connectivity index (χ2n) is 18.4.